The number of esters is 1. The molecule has 4 fully saturated rings. The lowest BCUT2D eigenvalue weighted by Gasteiger charge is -2.27. The number of para-hydroxylation sites is 2. The number of methoxy groups -OCH3 is 1. The number of aryl methyl sites for hydroxylation is 2. The lowest BCUT2D eigenvalue weighted by Crippen LogP contribution is -2.50. The number of aromatic nitrogens is 5. The lowest BCUT2D eigenvalue weighted by molar-refractivity contribution is -0.148. The molecule has 10 heterocycles. The number of fused-ring (bicyclic) bond motifs is 5. The number of nitrogens with one attached hydrogen (secondary N) is 7. The Morgan fingerprint density at radius 3 is 1.25 bits per heavy atom. The number of benzene rings is 2. The Kier molecular flexibility index (Phi) is 37.0. The highest BCUT2D eigenvalue weighted by Gasteiger charge is 2.46. The van der Waals surface area contributed by atoms with Gasteiger partial charge in [-0.2, -0.15) is 0 Å². The summed E-state index contributed by atoms with van der Waals surface area (Å²) in [5, 5.41) is 25.4. The second-order valence-electron chi connectivity index (χ2n) is 29.5. The fourth-order valence-corrected chi connectivity index (χ4v) is 17.0. The van der Waals surface area contributed by atoms with E-state index in [-0.39, 0.29) is 100 Å². The zero-order valence-corrected chi connectivity index (χ0v) is 73.1. The molecule has 118 heavy (non-hydrogen) atoms. The number of likely N-dealkylation sites (N-methyl/N-ethyl adjacent to an activating group) is 2. The van der Waals surface area contributed by atoms with Crippen LogP contribution in [-0.4, -0.2) is 114 Å². The summed E-state index contributed by atoms with van der Waals surface area (Å²) in [4.78, 5) is 99.5. The zero-order chi connectivity index (χ0) is 79.3. The van der Waals surface area contributed by atoms with Gasteiger partial charge in [-0.3, -0.25) is 50.0 Å². The predicted molar refractivity (Wildman–Crippen MR) is 493 cm³/mol. The van der Waals surface area contributed by atoms with Crippen molar-refractivity contribution in [2.75, 3.05) is 48.6 Å². The standard InChI is InChI=1S/2C26H28N4O3.C13H18BrN3O2.C12H14BrN3O.C6H6Br2N2.4CH4.BrH.ClH/c2*1-17-20-7-3-4-8-21(20)33-22(17)16-30(2)23(31)10-9-18-13-19-15-28-26(11-5-6-12-26)25(32)29-24(19)27-14-18;1-19-12(18)13(4-2-3-5-13)17-7-9-6-10(14)8-16-11(9)15;13-9-5-8-6-15-12(3-1-2-4-12)11(17)16-10(8)14-7-9;7-2-4-1-5(8)3-10-6(4)9;;;;;;/h2*3-4,7-10,13-14,28H,5-6,11-12,15-16H2,1-2H3,(H,27,29,32);6,8,17H,2-5,7H2,1H3,(H2,15,16);5,7,15H,1-4,6H2,(H,14,16,17);1,3H,2H2,(H2,9,10);4*1H4;2*1H/b2*10-9+;;;;;;;;;. The monoisotopic (exact) mass is 1950 g/mol. The number of rotatable bonds is 13. The number of hydrogen-bond donors (Lipinski definition) is 9. The largest absolute Gasteiger partial charge is 0.468 e. The average Bonchev–Trinajstić information content (AvgIpc) is 1.74. The highest BCUT2D eigenvalue weighted by molar-refractivity contribution is 9.11. The van der Waals surface area contributed by atoms with Crippen LogP contribution in [0, 0.1) is 13.8 Å². The number of amides is 5. The maximum atomic E-state index is 12.7. The van der Waals surface area contributed by atoms with Gasteiger partial charge in [0.25, 0.3) is 0 Å². The molecule has 11 N–H and O–H groups in total. The van der Waals surface area contributed by atoms with E-state index >= 15 is 0 Å². The SMILES string of the molecule is Br.C.C.C.C.COC(=O)C1(NCc2cc(Br)cnc2N)CCCC1.Cc1c(CN(C)C(=O)/C=C/c2cnc3c(c2)CNC2(CCCC2)C(=O)N3)oc2ccccc12.Cc1c(CN(C)C(=O)/C=C/c2cnc3c(c2)CNC2(CCCC2)C(=O)N3)oc2ccccc12.Cl.Nc1ncc(Br)cc1CBr.O=C1Nc2ncc(Br)cc2CNC12CCCC2. The van der Waals surface area contributed by atoms with Gasteiger partial charge in [0.15, 0.2) is 0 Å². The molecule has 3 spiro atoms. The first-order chi connectivity index (χ1) is 53.9. The first-order valence-corrected chi connectivity index (χ1v) is 41.2. The van der Waals surface area contributed by atoms with Crippen molar-refractivity contribution in [2.45, 2.75) is 213 Å². The van der Waals surface area contributed by atoms with Crippen molar-refractivity contribution in [3.63, 3.8) is 0 Å². The Labute approximate surface area is 743 Å². The molecule has 5 amide bonds. The summed E-state index contributed by atoms with van der Waals surface area (Å²) in [5.41, 5.74) is 19.7. The number of alkyl halides is 1. The van der Waals surface area contributed by atoms with E-state index in [0.717, 1.165) is 205 Å². The van der Waals surface area contributed by atoms with E-state index in [4.69, 9.17) is 25.0 Å². The van der Waals surface area contributed by atoms with Crippen LogP contribution in [-0.2, 0) is 78.1 Å². The molecule has 636 valence electrons. The minimum atomic E-state index is -0.566. The second kappa shape index (κ2) is 44.3. The van der Waals surface area contributed by atoms with E-state index in [1.54, 1.807) is 79.2 Å². The maximum absolute atomic E-state index is 12.7. The van der Waals surface area contributed by atoms with Crippen molar-refractivity contribution in [2.24, 2.45) is 0 Å². The van der Waals surface area contributed by atoms with E-state index in [0.29, 0.717) is 68.4 Å². The Bertz CT molecular complexity index is 4840. The average molecular weight is 1960 g/mol. The van der Waals surface area contributed by atoms with Crippen LogP contribution in [0.3, 0.4) is 0 Å². The molecule has 4 saturated carbocycles. The number of halogens is 6. The van der Waals surface area contributed by atoms with E-state index in [1.807, 2.05) is 92.7 Å². The number of hydrogen-bond acceptors (Lipinski definition) is 20. The molecule has 25 nitrogen and oxygen atoms in total. The van der Waals surface area contributed by atoms with Crippen LogP contribution in [0.15, 0.2) is 144 Å². The highest BCUT2D eigenvalue weighted by atomic mass is 79.9. The predicted octanol–water partition coefficient (Wildman–Crippen LogP) is 18.4. The van der Waals surface area contributed by atoms with Crippen molar-refractivity contribution in [1.29, 1.82) is 0 Å². The van der Waals surface area contributed by atoms with Crippen molar-refractivity contribution in [3.05, 3.63) is 197 Å². The van der Waals surface area contributed by atoms with Crippen molar-refractivity contribution in [1.82, 2.24) is 56.0 Å². The maximum Gasteiger partial charge on any atom is 0.326 e. The van der Waals surface area contributed by atoms with E-state index < -0.39 is 16.6 Å². The third kappa shape index (κ3) is 23.4. The van der Waals surface area contributed by atoms with E-state index in [1.165, 1.54) is 7.11 Å². The van der Waals surface area contributed by atoms with E-state index in [2.05, 4.69) is 126 Å². The van der Waals surface area contributed by atoms with Crippen LogP contribution >= 0.6 is 93.1 Å². The minimum absolute atomic E-state index is 0. The molecule has 2 aromatic carbocycles. The first-order valence-electron chi connectivity index (χ1n) is 37.7. The number of ether oxygens (including phenoxy) is 1. The second-order valence-corrected chi connectivity index (χ2v) is 32.8. The number of furan rings is 2. The molecule has 9 aromatic rings. The van der Waals surface area contributed by atoms with Crippen molar-refractivity contribution < 1.29 is 42.3 Å². The third-order valence-corrected chi connectivity index (χ3v) is 24.0. The number of pyridine rings is 5. The Balaban J connectivity index is 0.000000238. The number of carbonyl (C=O) groups is 6. The van der Waals surface area contributed by atoms with Gasteiger partial charge in [-0.1, -0.05) is 133 Å². The quantitative estimate of drug-likeness (QED) is 0.0294. The summed E-state index contributed by atoms with van der Waals surface area (Å²) in [6, 6.07) is 25.6. The normalized spacial score (nSPS) is 16.5. The van der Waals surface area contributed by atoms with Gasteiger partial charge in [-0.05, 0) is 179 Å². The van der Waals surface area contributed by atoms with Gasteiger partial charge in [0, 0.05) is 152 Å². The smallest absolute Gasteiger partial charge is 0.326 e. The van der Waals surface area contributed by atoms with Gasteiger partial charge in [0.2, 0.25) is 29.5 Å². The molecule has 0 saturated heterocycles. The Morgan fingerprint density at radius 2 is 0.873 bits per heavy atom. The van der Waals surface area contributed by atoms with Gasteiger partial charge >= 0.3 is 5.97 Å². The van der Waals surface area contributed by atoms with Gasteiger partial charge in [-0.25, -0.2) is 24.9 Å². The lowest BCUT2D eigenvalue weighted by atomic mass is 9.97. The summed E-state index contributed by atoms with van der Waals surface area (Å²) in [6.07, 6.45) is 30.4. The van der Waals surface area contributed by atoms with Gasteiger partial charge in [0.05, 0.1) is 36.8 Å². The Hall–Kier alpha value is -8.30. The molecule has 0 atom stereocenters. The molecule has 4 aliphatic carbocycles. The minimum Gasteiger partial charge on any atom is -0.468 e. The Morgan fingerprint density at radius 1 is 0.525 bits per heavy atom. The molecule has 0 radical (unpaired) electrons. The molecule has 3 aliphatic heterocycles. The van der Waals surface area contributed by atoms with Crippen LogP contribution in [0.1, 0.15) is 194 Å². The fourth-order valence-electron chi connectivity index (χ4n) is 15.4. The van der Waals surface area contributed by atoms with Crippen LogP contribution in [0.25, 0.3) is 34.1 Å². The summed E-state index contributed by atoms with van der Waals surface area (Å²) in [6.45, 7) is 7.16. The summed E-state index contributed by atoms with van der Waals surface area (Å²) < 4.78 is 19.6. The van der Waals surface area contributed by atoms with Crippen LogP contribution in [0.2, 0.25) is 0 Å². The van der Waals surface area contributed by atoms with Gasteiger partial charge in [0.1, 0.15) is 57.3 Å². The van der Waals surface area contributed by atoms with Crippen LogP contribution in [0.4, 0.5) is 29.1 Å². The third-order valence-electron chi connectivity index (χ3n) is 22.1. The summed E-state index contributed by atoms with van der Waals surface area (Å²) >= 11 is 13.4. The fraction of sp³-hybridized carbons (Fsp3) is 0.414. The summed E-state index contributed by atoms with van der Waals surface area (Å²) in [7, 11) is 4.95. The first kappa shape index (κ1) is 98.5. The van der Waals surface area contributed by atoms with Gasteiger partial charge < -0.3 is 50.8 Å². The topological polar surface area (TPSA) is 345 Å². The molecule has 7 aliphatic rings. The molecule has 31 heteroatoms. The van der Waals surface area contributed by atoms with E-state index in [9.17, 15) is 28.8 Å². The molecular formula is C87H112Br5ClN16O9. The molecule has 7 aromatic heterocycles. The number of carbonyl (C=O) groups excluding carboxylic acids is 6. The van der Waals surface area contributed by atoms with Crippen LogP contribution in [0.5, 0.6) is 0 Å². The number of anilines is 5. The number of nitrogens with two attached hydrogens (primary N) is 2. The van der Waals surface area contributed by atoms with Crippen molar-refractivity contribution >= 4 is 192 Å². The molecule has 0 unspecified atom stereocenters. The zero-order valence-electron chi connectivity index (χ0n) is 64.3. The van der Waals surface area contributed by atoms with Crippen LogP contribution < -0.4 is 48.7 Å². The molecule has 0 bridgehead atoms. The van der Waals surface area contributed by atoms with Gasteiger partial charge in [-0.15, -0.1) is 29.4 Å². The number of nitrogens with zero attached hydrogens (tertiary/aromatic N) is 7. The molecule has 16 rings (SSSR count). The summed E-state index contributed by atoms with van der Waals surface area (Å²) in [5.74, 6) is 4.17. The highest BCUT2D eigenvalue weighted by Crippen LogP contribution is 2.39. The van der Waals surface area contributed by atoms with Crippen molar-refractivity contribution in [3.8, 4) is 0 Å². The molecular weight excluding hydrogens is 1850 g/mol. The number of nitrogen functional groups attached to an aromatic ring is 2.